The van der Waals surface area contributed by atoms with E-state index < -0.39 is 0 Å². The zero-order chi connectivity index (χ0) is 12.4. The predicted octanol–water partition coefficient (Wildman–Crippen LogP) is 4.55. The van der Waals surface area contributed by atoms with Gasteiger partial charge in [-0.2, -0.15) is 0 Å². The summed E-state index contributed by atoms with van der Waals surface area (Å²) in [7, 11) is 0. The van der Waals surface area contributed by atoms with Crippen LogP contribution >= 0.6 is 0 Å². The number of allylic oxidation sites excluding steroid dienone is 3. The number of fused-ring (bicyclic) bond motifs is 7. The van der Waals surface area contributed by atoms with Crippen LogP contribution in [0.15, 0.2) is 30.4 Å². The molecule has 3 aliphatic carbocycles. The van der Waals surface area contributed by atoms with Gasteiger partial charge in [-0.1, -0.05) is 36.5 Å². The maximum absolute atomic E-state index is 2.43. The van der Waals surface area contributed by atoms with E-state index in [0.29, 0.717) is 0 Å². The third-order valence-electron chi connectivity index (χ3n) is 4.72. The van der Waals surface area contributed by atoms with Crippen molar-refractivity contribution in [3.8, 4) is 0 Å². The van der Waals surface area contributed by atoms with Crippen molar-refractivity contribution in [1.82, 2.24) is 0 Å². The average Bonchev–Trinajstić information content (AvgIpc) is 3.15. The molecule has 0 aromatic heterocycles. The fraction of sp³-hybridized carbons (Fsp3) is 0.158. The second-order valence-corrected chi connectivity index (χ2v) is 5.70. The van der Waals surface area contributed by atoms with Crippen LogP contribution in [0.1, 0.15) is 33.4 Å². The molecule has 0 aliphatic heterocycles. The van der Waals surface area contributed by atoms with E-state index in [1.165, 1.54) is 38.6 Å². The van der Waals surface area contributed by atoms with E-state index in [0.717, 1.165) is 19.3 Å². The number of hydrogen-bond acceptors (Lipinski definition) is 0. The fourth-order valence-corrected chi connectivity index (χ4v) is 3.83. The van der Waals surface area contributed by atoms with Gasteiger partial charge >= 0.3 is 0 Å². The molecular formula is C19H14. The van der Waals surface area contributed by atoms with E-state index in [9.17, 15) is 0 Å². The fourth-order valence-electron chi connectivity index (χ4n) is 3.83. The van der Waals surface area contributed by atoms with Gasteiger partial charge in [0.15, 0.2) is 0 Å². The molecule has 0 bridgehead atoms. The van der Waals surface area contributed by atoms with Gasteiger partial charge in [-0.05, 0) is 75.5 Å². The van der Waals surface area contributed by atoms with Crippen molar-refractivity contribution in [2.45, 2.75) is 19.3 Å². The van der Waals surface area contributed by atoms with E-state index in [2.05, 4.69) is 48.6 Å². The van der Waals surface area contributed by atoms with E-state index in [1.54, 1.807) is 5.56 Å². The predicted molar refractivity (Wildman–Crippen MR) is 82.2 cm³/mol. The van der Waals surface area contributed by atoms with Crippen molar-refractivity contribution in [3.05, 3.63) is 63.7 Å². The summed E-state index contributed by atoms with van der Waals surface area (Å²) in [6.07, 6.45) is 17.1. The highest BCUT2D eigenvalue weighted by atomic mass is 14.3. The Morgan fingerprint density at radius 1 is 0.632 bits per heavy atom. The molecule has 0 heteroatoms. The molecule has 5 rings (SSSR count). The van der Waals surface area contributed by atoms with E-state index in [4.69, 9.17) is 0 Å². The second-order valence-electron chi connectivity index (χ2n) is 5.70. The maximum atomic E-state index is 2.43. The summed E-state index contributed by atoms with van der Waals surface area (Å²) in [5, 5.41) is 2.93. The molecule has 0 N–H and O–H groups in total. The molecular weight excluding hydrogens is 228 g/mol. The molecule has 0 atom stereocenters. The molecule has 2 aromatic carbocycles. The third kappa shape index (κ3) is 1.14. The van der Waals surface area contributed by atoms with E-state index in [-0.39, 0.29) is 0 Å². The lowest BCUT2D eigenvalue weighted by molar-refractivity contribution is 1.25. The topological polar surface area (TPSA) is 0 Å². The smallest absolute Gasteiger partial charge is 0.00819 e. The van der Waals surface area contributed by atoms with Crippen molar-refractivity contribution >= 4 is 29.0 Å². The van der Waals surface area contributed by atoms with Crippen LogP contribution in [0.25, 0.3) is 29.0 Å². The zero-order valence-electron chi connectivity index (χ0n) is 10.7. The van der Waals surface area contributed by atoms with Gasteiger partial charge in [-0.3, -0.25) is 0 Å². The molecule has 0 amide bonds. The van der Waals surface area contributed by atoms with E-state index >= 15 is 0 Å². The Morgan fingerprint density at radius 2 is 1.42 bits per heavy atom. The Hall–Kier alpha value is -2.08. The van der Waals surface area contributed by atoms with Crippen molar-refractivity contribution in [2.75, 3.05) is 0 Å². The third-order valence-corrected chi connectivity index (χ3v) is 4.72. The minimum atomic E-state index is 1.10. The Kier molecular flexibility index (Phi) is 1.69. The van der Waals surface area contributed by atoms with Crippen molar-refractivity contribution < 1.29 is 0 Å². The summed E-state index contributed by atoms with van der Waals surface area (Å²) in [4.78, 5) is 0. The Balaban J connectivity index is 2.00. The molecule has 0 nitrogen and oxygen atoms in total. The molecule has 0 saturated carbocycles. The van der Waals surface area contributed by atoms with Crippen molar-refractivity contribution in [2.24, 2.45) is 0 Å². The highest BCUT2D eigenvalue weighted by Gasteiger charge is 2.21. The Morgan fingerprint density at radius 3 is 2.37 bits per heavy atom. The first-order valence-electron chi connectivity index (χ1n) is 7.06. The van der Waals surface area contributed by atoms with Crippen LogP contribution in [0.5, 0.6) is 0 Å². The summed E-state index contributed by atoms with van der Waals surface area (Å²) in [6, 6.07) is 4.84. The van der Waals surface area contributed by atoms with Gasteiger partial charge in [0.2, 0.25) is 0 Å². The first-order chi connectivity index (χ1) is 9.42. The molecule has 0 fully saturated rings. The minimum absolute atomic E-state index is 1.10. The zero-order valence-corrected chi connectivity index (χ0v) is 10.7. The van der Waals surface area contributed by atoms with Crippen LogP contribution in [-0.4, -0.2) is 0 Å². The van der Waals surface area contributed by atoms with Gasteiger partial charge in [-0.25, -0.2) is 0 Å². The largest absolute Gasteiger partial charge is 0.0795 e. The summed E-state index contributed by atoms with van der Waals surface area (Å²) in [5.74, 6) is 0. The molecule has 2 aromatic rings. The van der Waals surface area contributed by atoms with Crippen LogP contribution in [-0.2, 0) is 19.3 Å². The monoisotopic (exact) mass is 242 g/mol. The number of benzene rings is 2. The summed E-state index contributed by atoms with van der Waals surface area (Å²) >= 11 is 0. The Bertz CT molecular complexity index is 829. The summed E-state index contributed by atoms with van der Waals surface area (Å²) < 4.78 is 0. The van der Waals surface area contributed by atoms with Crippen LogP contribution in [0.3, 0.4) is 0 Å². The first-order valence-corrected chi connectivity index (χ1v) is 7.06. The molecule has 90 valence electrons. The van der Waals surface area contributed by atoms with Gasteiger partial charge in [0.05, 0.1) is 0 Å². The molecule has 0 unspecified atom stereocenters. The number of rotatable bonds is 0. The number of hydrogen-bond donors (Lipinski definition) is 0. The lowest BCUT2D eigenvalue weighted by Crippen LogP contribution is -1.96. The molecule has 0 saturated heterocycles. The summed E-state index contributed by atoms with van der Waals surface area (Å²) in [6.45, 7) is 0. The van der Waals surface area contributed by atoms with Gasteiger partial charge < -0.3 is 0 Å². The van der Waals surface area contributed by atoms with Crippen LogP contribution in [0.4, 0.5) is 0 Å². The SMILES string of the molecule is C1=Cc2cc3c4c(c5c(c3cc2C1)CC=C5)CC=C4. The lowest BCUT2D eigenvalue weighted by atomic mass is 9.89. The quantitative estimate of drug-likeness (QED) is 0.636. The van der Waals surface area contributed by atoms with Gasteiger partial charge in [-0.15, -0.1) is 0 Å². The second kappa shape index (κ2) is 3.27. The van der Waals surface area contributed by atoms with Crippen LogP contribution in [0, 0.1) is 0 Å². The highest BCUT2D eigenvalue weighted by molar-refractivity contribution is 6.01. The molecule has 0 heterocycles. The lowest BCUT2D eigenvalue weighted by Gasteiger charge is -2.14. The standard InChI is InChI=1S/C19H14/c1-4-12-10-18-16-8-2-6-14(16)15-7-3-9-17(15)19(18)11-13(12)5-1/h1-4,7-8,10-11H,5-6,9H2. The normalized spacial score (nSPS) is 17.3. The highest BCUT2D eigenvalue weighted by Crippen LogP contribution is 2.40. The Labute approximate surface area is 112 Å². The van der Waals surface area contributed by atoms with Crippen LogP contribution in [0.2, 0.25) is 0 Å². The summed E-state index contributed by atoms with van der Waals surface area (Å²) in [5.41, 5.74) is 8.96. The minimum Gasteiger partial charge on any atom is -0.0795 e. The molecule has 0 radical (unpaired) electrons. The van der Waals surface area contributed by atoms with Crippen molar-refractivity contribution in [1.29, 1.82) is 0 Å². The first kappa shape index (κ1) is 9.80. The van der Waals surface area contributed by atoms with Gasteiger partial charge in [0.25, 0.3) is 0 Å². The van der Waals surface area contributed by atoms with E-state index in [1.807, 2.05) is 0 Å². The van der Waals surface area contributed by atoms with Crippen LogP contribution < -0.4 is 0 Å². The molecule has 3 aliphatic rings. The average molecular weight is 242 g/mol. The molecule has 19 heavy (non-hydrogen) atoms. The van der Waals surface area contributed by atoms with Gasteiger partial charge in [0.1, 0.15) is 0 Å². The van der Waals surface area contributed by atoms with Gasteiger partial charge in [0, 0.05) is 0 Å². The maximum Gasteiger partial charge on any atom is -0.00819 e. The van der Waals surface area contributed by atoms with Crippen molar-refractivity contribution in [3.63, 3.8) is 0 Å². The molecule has 0 spiro atoms.